The third-order valence-corrected chi connectivity index (χ3v) is 9.04. The van der Waals surface area contributed by atoms with E-state index < -0.39 is 11.9 Å². The molecule has 0 bridgehead atoms. The Morgan fingerprint density at radius 3 is 2.52 bits per heavy atom. The van der Waals surface area contributed by atoms with Gasteiger partial charge in [0.1, 0.15) is 5.76 Å². The number of urea groups is 1. The van der Waals surface area contributed by atoms with Crippen LogP contribution < -0.4 is 0 Å². The van der Waals surface area contributed by atoms with Crippen molar-refractivity contribution in [2.24, 2.45) is 17.8 Å². The number of carboxylic acid groups (broad SMARTS) is 1. The minimum absolute atomic E-state index is 0.0458. The number of ether oxygens (including phenoxy) is 1. The van der Waals surface area contributed by atoms with E-state index in [1.807, 2.05) is 4.90 Å². The first-order valence-electron chi connectivity index (χ1n) is 15.1. The largest absolute Gasteiger partial charge is 0.493 e. The fourth-order valence-corrected chi connectivity index (χ4v) is 6.68. The van der Waals surface area contributed by atoms with Crippen molar-refractivity contribution in [3.05, 3.63) is 23.5 Å². The van der Waals surface area contributed by atoms with Gasteiger partial charge in [-0.15, -0.1) is 0 Å². The second-order valence-electron chi connectivity index (χ2n) is 11.6. The highest BCUT2D eigenvalue weighted by Gasteiger charge is 2.49. The third-order valence-electron chi connectivity index (χ3n) is 9.04. The molecule has 3 saturated heterocycles. The third kappa shape index (κ3) is 6.70. The molecule has 4 amide bonds. The van der Waals surface area contributed by atoms with Crippen LogP contribution in [0.25, 0.3) is 0 Å². The lowest BCUT2D eigenvalue weighted by Gasteiger charge is -2.35. The number of likely N-dealkylation sites (tertiary alicyclic amines) is 1. The van der Waals surface area contributed by atoms with Crippen LogP contribution in [-0.2, 0) is 19.1 Å². The number of nitrogens with zero attached hydrogens (tertiary/aromatic N) is 4. The zero-order valence-corrected chi connectivity index (χ0v) is 24.3. The number of carbonyl (C=O) groups is 4. The smallest absolute Gasteiger partial charge is 0.326 e. The average molecular weight is 559 g/mol. The normalized spacial score (nSPS) is 26.9. The molecule has 10 heteroatoms. The highest BCUT2D eigenvalue weighted by atomic mass is 16.5. The van der Waals surface area contributed by atoms with Gasteiger partial charge in [0.05, 0.1) is 19.1 Å². The molecule has 1 unspecified atom stereocenters. The fourth-order valence-electron chi connectivity index (χ4n) is 6.68. The summed E-state index contributed by atoms with van der Waals surface area (Å²) in [6.45, 7) is 7.69. The molecule has 3 fully saturated rings. The van der Waals surface area contributed by atoms with E-state index in [0.29, 0.717) is 45.8 Å². The molecule has 1 N–H and O–H groups in total. The molecule has 3 heterocycles. The van der Waals surface area contributed by atoms with Crippen molar-refractivity contribution >= 4 is 23.8 Å². The summed E-state index contributed by atoms with van der Waals surface area (Å²) in [6, 6.07) is -0.730. The summed E-state index contributed by atoms with van der Waals surface area (Å²) in [5.41, 5.74) is 1.16. The van der Waals surface area contributed by atoms with Gasteiger partial charge in [0.2, 0.25) is 11.8 Å². The summed E-state index contributed by atoms with van der Waals surface area (Å²) in [5, 5.41) is 10.5. The molecule has 0 aromatic heterocycles. The van der Waals surface area contributed by atoms with E-state index in [1.54, 1.807) is 4.90 Å². The number of carboxylic acids is 1. The zero-order valence-electron chi connectivity index (χ0n) is 24.3. The molecular weight excluding hydrogens is 512 g/mol. The van der Waals surface area contributed by atoms with Gasteiger partial charge in [0, 0.05) is 58.7 Å². The SMILES string of the molecule is CCCCN(CCCC)C(=O)CN1C[C@H](C2C=C3CCOC3=CC2)[C@@H](C(=O)O)[C@@H]1CCN1CCC(=O)N(C)C1=O. The number of carbonyl (C=O) groups excluding carboxylic acids is 3. The molecule has 0 aromatic carbocycles. The summed E-state index contributed by atoms with van der Waals surface area (Å²) in [5.74, 6) is -0.842. The maximum Gasteiger partial charge on any atom is 0.326 e. The van der Waals surface area contributed by atoms with Crippen molar-refractivity contribution in [1.82, 2.24) is 19.6 Å². The molecule has 4 aliphatic rings. The topological polar surface area (TPSA) is 111 Å². The lowest BCUT2D eigenvalue weighted by Crippen LogP contribution is -2.52. The van der Waals surface area contributed by atoms with Crippen LogP contribution in [0.2, 0.25) is 0 Å². The minimum atomic E-state index is -0.855. The highest BCUT2D eigenvalue weighted by molar-refractivity contribution is 5.96. The second kappa shape index (κ2) is 13.7. The monoisotopic (exact) mass is 558 g/mol. The Bertz CT molecular complexity index is 1020. The quantitative estimate of drug-likeness (QED) is 0.369. The van der Waals surface area contributed by atoms with Gasteiger partial charge in [-0.1, -0.05) is 32.8 Å². The van der Waals surface area contributed by atoms with Crippen LogP contribution in [0.15, 0.2) is 23.5 Å². The van der Waals surface area contributed by atoms with Crippen molar-refractivity contribution in [2.75, 3.05) is 52.9 Å². The minimum Gasteiger partial charge on any atom is -0.493 e. The van der Waals surface area contributed by atoms with Crippen LogP contribution in [0, 0.1) is 17.8 Å². The standard InChI is InChI=1S/C30H46N4O6/c1-4-6-13-32(14-7-5-2)27(36)20-34-19-23(21-8-9-25-22(18-21)12-17-40-25)28(29(37)38)24(34)10-15-33-16-11-26(35)31(3)30(33)39/h9,18,21,23-24,28H,4-8,10-17,19-20H2,1-3H3,(H,37,38)/t21?,23-,24+,28-/m1/s1. The van der Waals surface area contributed by atoms with Gasteiger partial charge in [-0.3, -0.25) is 24.2 Å². The van der Waals surface area contributed by atoms with Crippen LogP contribution >= 0.6 is 0 Å². The predicted octanol–water partition coefficient (Wildman–Crippen LogP) is 3.34. The van der Waals surface area contributed by atoms with E-state index in [4.69, 9.17) is 4.74 Å². The lowest BCUT2D eigenvalue weighted by molar-refractivity contribution is -0.145. The maximum atomic E-state index is 13.6. The van der Waals surface area contributed by atoms with Crippen LogP contribution in [0.3, 0.4) is 0 Å². The first kappa shape index (κ1) is 30.1. The molecule has 0 radical (unpaired) electrons. The van der Waals surface area contributed by atoms with Crippen molar-refractivity contribution in [3.63, 3.8) is 0 Å². The number of hydrogen-bond donors (Lipinski definition) is 1. The van der Waals surface area contributed by atoms with Crippen LogP contribution in [0.5, 0.6) is 0 Å². The number of hydrogen-bond acceptors (Lipinski definition) is 6. The van der Waals surface area contributed by atoms with E-state index in [2.05, 4.69) is 30.9 Å². The molecule has 1 aliphatic carbocycles. The van der Waals surface area contributed by atoms with Gasteiger partial charge < -0.3 is 19.6 Å². The summed E-state index contributed by atoms with van der Waals surface area (Å²) in [7, 11) is 1.49. The van der Waals surface area contributed by atoms with Crippen LogP contribution in [-0.4, -0.2) is 107 Å². The summed E-state index contributed by atoms with van der Waals surface area (Å²) in [6.07, 6.45) is 10.4. The van der Waals surface area contributed by atoms with Crippen LogP contribution in [0.1, 0.15) is 65.2 Å². The molecule has 3 aliphatic heterocycles. The Morgan fingerprint density at radius 1 is 1.12 bits per heavy atom. The summed E-state index contributed by atoms with van der Waals surface area (Å²) in [4.78, 5) is 57.9. The van der Waals surface area contributed by atoms with E-state index in [1.165, 1.54) is 7.05 Å². The van der Waals surface area contributed by atoms with E-state index >= 15 is 0 Å². The second-order valence-corrected chi connectivity index (χ2v) is 11.6. The van der Waals surface area contributed by atoms with Gasteiger partial charge in [-0.2, -0.15) is 0 Å². The van der Waals surface area contributed by atoms with Crippen LogP contribution in [0.4, 0.5) is 4.79 Å². The van der Waals surface area contributed by atoms with E-state index in [0.717, 1.165) is 54.8 Å². The Labute approximate surface area is 238 Å². The van der Waals surface area contributed by atoms with Crippen molar-refractivity contribution in [1.29, 1.82) is 0 Å². The zero-order chi connectivity index (χ0) is 28.8. The first-order valence-corrected chi connectivity index (χ1v) is 15.1. The fraction of sp³-hybridized carbons (Fsp3) is 0.733. The molecule has 0 saturated carbocycles. The van der Waals surface area contributed by atoms with Crippen molar-refractivity contribution in [2.45, 2.75) is 71.3 Å². The molecule has 222 valence electrons. The molecule has 10 nitrogen and oxygen atoms in total. The van der Waals surface area contributed by atoms with Gasteiger partial charge in [-0.05, 0) is 49.2 Å². The number of aliphatic carboxylic acids is 1. The molecule has 0 spiro atoms. The van der Waals surface area contributed by atoms with Gasteiger partial charge in [0.15, 0.2) is 0 Å². The summed E-state index contributed by atoms with van der Waals surface area (Å²) >= 11 is 0. The average Bonchev–Trinajstić information content (AvgIpc) is 3.55. The van der Waals surface area contributed by atoms with E-state index in [9.17, 15) is 24.3 Å². The Morgan fingerprint density at radius 2 is 1.85 bits per heavy atom. The van der Waals surface area contributed by atoms with Crippen molar-refractivity contribution < 1.29 is 29.0 Å². The molecule has 4 atom stereocenters. The Kier molecular flexibility index (Phi) is 10.3. The van der Waals surface area contributed by atoms with E-state index in [-0.39, 0.29) is 48.7 Å². The number of amides is 4. The first-order chi connectivity index (χ1) is 19.2. The van der Waals surface area contributed by atoms with Gasteiger partial charge >= 0.3 is 12.0 Å². The number of unbranched alkanes of at least 4 members (excludes halogenated alkanes) is 2. The van der Waals surface area contributed by atoms with Gasteiger partial charge in [0.25, 0.3) is 0 Å². The van der Waals surface area contributed by atoms with Crippen molar-refractivity contribution in [3.8, 4) is 0 Å². The highest BCUT2D eigenvalue weighted by Crippen LogP contribution is 2.43. The Balaban J connectivity index is 1.55. The molecule has 4 rings (SSSR count). The van der Waals surface area contributed by atoms with Gasteiger partial charge in [-0.25, -0.2) is 4.79 Å². The number of allylic oxidation sites excluding steroid dienone is 3. The molecular formula is C30H46N4O6. The summed E-state index contributed by atoms with van der Waals surface area (Å²) < 4.78 is 5.71. The Hall–Kier alpha value is -2.88. The lowest BCUT2D eigenvalue weighted by atomic mass is 9.76. The number of rotatable bonds is 13. The number of imide groups is 1. The molecule has 0 aromatic rings. The molecule has 40 heavy (non-hydrogen) atoms. The number of fused-ring (bicyclic) bond motifs is 1. The predicted molar refractivity (Wildman–Crippen MR) is 150 cm³/mol. The maximum absolute atomic E-state index is 13.6.